The number of aliphatic hydroxyl groups excluding tert-OH is 2. The van der Waals surface area contributed by atoms with Crippen LogP contribution in [-0.4, -0.2) is 60.1 Å². The van der Waals surface area contributed by atoms with E-state index < -0.39 is 30.2 Å². The summed E-state index contributed by atoms with van der Waals surface area (Å²) in [6.07, 6.45) is -3.94. The Morgan fingerprint density at radius 3 is 2.56 bits per heavy atom. The van der Waals surface area contributed by atoms with Crippen molar-refractivity contribution in [2.24, 2.45) is 5.92 Å². The first-order valence-electron chi connectivity index (χ1n) is 12.7. The van der Waals surface area contributed by atoms with Gasteiger partial charge in [0.2, 0.25) is 5.95 Å². The molecule has 3 aromatic heterocycles. The molecule has 4 atom stereocenters. The number of alkyl halides is 3. The van der Waals surface area contributed by atoms with Crippen molar-refractivity contribution < 1.29 is 33.2 Å². The Balaban J connectivity index is 1.50. The van der Waals surface area contributed by atoms with Gasteiger partial charge < -0.3 is 36.4 Å². The highest BCUT2D eigenvalue weighted by atomic mass is 32.1. The fraction of sp³-hybridized carbons (Fsp3) is 0.385. The van der Waals surface area contributed by atoms with Crippen LogP contribution >= 0.6 is 11.3 Å². The van der Waals surface area contributed by atoms with Gasteiger partial charge in [-0.3, -0.25) is 0 Å². The number of aliphatic hydroxyl groups is 3. The molecule has 218 valence electrons. The highest BCUT2D eigenvalue weighted by Crippen LogP contribution is 2.41. The van der Waals surface area contributed by atoms with Gasteiger partial charge >= 0.3 is 6.36 Å². The summed E-state index contributed by atoms with van der Waals surface area (Å²) >= 11 is 1.33. The molecule has 1 aliphatic carbocycles. The predicted octanol–water partition coefficient (Wildman–Crippen LogP) is 3.97. The third kappa shape index (κ3) is 5.98. The van der Waals surface area contributed by atoms with Gasteiger partial charge in [0.1, 0.15) is 28.2 Å². The van der Waals surface area contributed by atoms with Gasteiger partial charge in [-0.05, 0) is 50.5 Å². The lowest BCUT2D eigenvalue weighted by Gasteiger charge is -2.31. The number of thiazole rings is 1. The number of aryl methyl sites for hydroxylation is 1. The number of halogens is 3. The zero-order chi connectivity index (χ0) is 29.5. The number of nitrogens with one attached hydrogen (secondary N) is 2. The van der Waals surface area contributed by atoms with Crippen LogP contribution in [0.4, 0.5) is 30.8 Å². The van der Waals surface area contributed by atoms with E-state index in [0.29, 0.717) is 33.8 Å². The lowest BCUT2D eigenvalue weighted by molar-refractivity contribution is -0.274. The summed E-state index contributed by atoms with van der Waals surface area (Å²) in [6.45, 7) is 3.23. The number of hydrogen-bond donors (Lipinski definition) is 6. The summed E-state index contributed by atoms with van der Waals surface area (Å²) in [4.78, 5) is 17.9. The summed E-state index contributed by atoms with van der Waals surface area (Å²) in [5.41, 5.74) is 6.35. The van der Waals surface area contributed by atoms with Crippen LogP contribution in [0.5, 0.6) is 5.75 Å². The summed E-state index contributed by atoms with van der Waals surface area (Å²) < 4.78 is 42.3. The van der Waals surface area contributed by atoms with Crippen molar-refractivity contribution in [3.05, 3.63) is 47.8 Å². The average Bonchev–Trinajstić information content (AvgIpc) is 3.44. The van der Waals surface area contributed by atoms with Crippen molar-refractivity contribution >= 4 is 39.1 Å². The number of fused-ring (bicyclic) bond motifs is 1. The SMILES string of the molecule is Cc1nc(N[C@H](C)c2ccc(OC(F)(F)F)cc2)nc(N[C@]2(O)CC[C@H](CO)[C@H]2O)c1-c1nc2c(N)nccc2s1. The number of ether oxygens (including phenoxy) is 1. The molecule has 1 saturated carbocycles. The number of pyridine rings is 1. The normalized spacial score (nSPS) is 21.7. The van der Waals surface area contributed by atoms with E-state index in [-0.39, 0.29) is 36.4 Å². The molecule has 3 heterocycles. The average molecular weight is 592 g/mol. The summed E-state index contributed by atoms with van der Waals surface area (Å²) in [5.74, 6) is -0.255. The molecule has 11 nitrogen and oxygen atoms in total. The number of hydrogen-bond acceptors (Lipinski definition) is 12. The fourth-order valence-electron chi connectivity index (χ4n) is 4.83. The summed E-state index contributed by atoms with van der Waals surface area (Å²) in [6, 6.07) is 6.76. The third-order valence-electron chi connectivity index (χ3n) is 7.00. The van der Waals surface area contributed by atoms with Gasteiger partial charge in [0.15, 0.2) is 11.5 Å². The maximum atomic E-state index is 12.5. The van der Waals surface area contributed by atoms with Crippen LogP contribution in [0, 0.1) is 12.8 Å². The van der Waals surface area contributed by atoms with Gasteiger partial charge in [-0.2, -0.15) is 4.98 Å². The largest absolute Gasteiger partial charge is 0.573 e. The number of benzene rings is 1. The summed E-state index contributed by atoms with van der Waals surface area (Å²) in [5, 5.41) is 38.3. The van der Waals surface area contributed by atoms with Crippen LogP contribution in [0.3, 0.4) is 0 Å². The van der Waals surface area contributed by atoms with Crippen molar-refractivity contribution in [3.63, 3.8) is 0 Å². The number of nitrogens with zero attached hydrogens (tertiary/aromatic N) is 4. The number of aromatic nitrogens is 4. The molecule has 0 aliphatic heterocycles. The molecule has 41 heavy (non-hydrogen) atoms. The number of nitrogens with two attached hydrogens (primary N) is 1. The van der Waals surface area contributed by atoms with Crippen LogP contribution < -0.4 is 21.1 Å². The molecular formula is C26H28F3N7O4S. The predicted molar refractivity (Wildman–Crippen MR) is 147 cm³/mol. The van der Waals surface area contributed by atoms with Crippen molar-refractivity contribution in [2.45, 2.75) is 50.9 Å². The smallest absolute Gasteiger partial charge is 0.406 e. The molecule has 1 fully saturated rings. The van der Waals surface area contributed by atoms with Gasteiger partial charge in [-0.25, -0.2) is 15.0 Å². The van der Waals surface area contributed by atoms with Crippen LogP contribution in [0.1, 0.15) is 37.1 Å². The van der Waals surface area contributed by atoms with Crippen LogP contribution in [-0.2, 0) is 0 Å². The highest BCUT2D eigenvalue weighted by Gasteiger charge is 2.47. The third-order valence-corrected chi connectivity index (χ3v) is 8.04. The van der Waals surface area contributed by atoms with Crippen molar-refractivity contribution in [1.82, 2.24) is 19.9 Å². The second-order valence-electron chi connectivity index (χ2n) is 9.88. The van der Waals surface area contributed by atoms with E-state index in [1.54, 1.807) is 26.1 Å². The number of rotatable bonds is 8. The number of anilines is 3. The Morgan fingerprint density at radius 2 is 1.93 bits per heavy atom. The quantitative estimate of drug-likeness (QED) is 0.164. The topological polar surface area (TPSA) is 172 Å². The summed E-state index contributed by atoms with van der Waals surface area (Å²) in [7, 11) is 0. The maximum Gasteiger partial charge on any atom is 0.573 e. The Morgan fingerprint density at radius 1 is 1.20 bits per heavy atom. The van der Waals surface area contributed by atoms with Crippen molar-refractivity contribution in [1.29, 1.82) is 0 Å². The Labute approximate surface area is 236 Å². The van der Waals surface area contributed by atoms with Crippen LogP contribution in [0.2, 0.25) is 0 Å². The van der Waals surface area contributed by atoms with Gasteiger partial charge in [0.05, 0.1) is 22.0 Å². The maximum absolute atomic E-state index is 12.5. The Hall–Kier alpha value is -3.79. The van der Waals surface area contributed by atoms with Crippen LogP contribution in [0.15, 0.2) is 36.5 Å². The van der Waals surface area contributed by atoms with E-state index in [2.05, 4.69) is 35.3 Å². The molecule has 1 aromatic carbocycles. The minimum atomic E-state index is -4.79. The number of nitrogen functional groups attached to an aromatic ring is 1. The molecular weight excluding hydrogens is 563 g/mol. The molecule has 15 heteroatoms. The van der Waals surface area contributed by atoms with E-state index in [0.717, 1.165) is 4.70 Å². The van der Waals surface area contributed by atoms with Gasteiger partial charge in [-0.1, -0.05) is 12.1 Å². The zero-order valence-corrected chi connectivity index (χ0v) is 22.8. The molecule has 0 radical (unpaired) electrons. The van der Waals surface area contributed by atoms with Gasteiger partial charge in [-0.15, -0.1) is 24.5 Å². The second-order valence-corrected chi connectivity index (χ2v) is 10.9. The van der Waals surface area contributed by atoms with Gasteiger partial charge in [0.25, 0.3) is 0 Å². The van der Waals surface area contributed by atoms with Crippen molar-refractivity contribution in [2.75, 3.05) is 23.0 Å². The van der Waals surface area contributed by atoms with E-state index in [1.807, 2.05) is 0 Å². The molecule has 5 rings (SSSR count). The molecule has 0 amide bonds. The Kier molecular flexibility index (Phi) is 7.63. The first-order valence-corrected chi connectivity index (χ1v) is 13.5. The molecule has 0 spiro atoms. The van der Waals surface area contributed by atoms with Crippen LogP contribution in [0.25, 0.3) is 20.8 Å². The monoisotopic (exact) mass is 591 g/mol. The molecule has 0 unspecified atom stereocenters. The van der Waals surface area contributed by atoms with Gasteiger partial charge in [0, 0.05) is 18.7 Å². The lowest BCUT2D eigenvalue weighted by atomic mass is 10.0. The second kappa shape index (κ2) is 10.9. The minimum absolute atomic E-state index is 0.157. The molecule has 0 bridgehead atoms. The lowest BCUT2D eigenvalue weighted by Crippen LogP contribution is -2.48. The fourth-order valence-corrected chi connectivity index (χ4v) is 5.90. The van der Waals surface area contributed by atoms with E-state index in [9.17, 15) is 28.5 Å². The molecule has 4 aromatic rings. The zero-order valence-electron chi connectivity index (χ0n) is 22.0. The van der Waals surface area contributed by atoms with Crippen molar-refractivity contribution in [3.8, 4) is 16.3 Å². The first kappa shape index (κ1) is 28.7. The highest BCUT2D eigenvalue weighted by molar-refractivity contribution is 7.21. The molecule has 7 N–H and O–H groups in total. The molecule has 1 aliphatic rings. The van der Waals surface area contributed by atoms with E-state index >= 15 is 0 Å². The van der Waals surface area contributed by atoms with E-state index in [4.69, 9.17) is 5.73 Å². The van der Waals surface area contributed by atoms with E-state index in [1.165, 1.54) is 35.6 Å². The molecule has 0 saturated heterocycles. The standard InChI is InChI=1S/C26H28F3N7O4S/c1-12(14-3-5-16(6-4-14)40-26(27,28)29)32-24-33-13(2)18(23-34-19-17(41-23)8-10-31-21(19)30)22(35-24)36-25(39)9-7-15(11-37)20(25)38/h3-6,8,10,12,15,20,37-39H,7,9,11H2,1-2H3,(H2,30,31)(H2,32,33,35,36)/t12-,15-,20-,25+/m1/s1. The first-order chi connectivity index (χ1) is 19.4. The minimum Gasteiger partial charge on any atom is -0.406 e. The Bertz CT molecular complexity index is 1550.